The first kappa shape index (κ1) is 60.9. The van der Waals surface area contributed by atoms with Gasteiger partial charge in [-0.2, -0.15) is 0 Å². The summed E-state index contributed by atoms with van der Waals surface area (Å²) in [6.45, 7) is 8.88. The molecular weight excluding hydrogens is 1100 g/mol. The van der Waals surface area contributed by atoms with Crippen molar-refractivity contribution < 1.29 is 23.8 Å². The summed E-state index contributed by atoms with van der Waals surface area (Å²) in [4.78, 5) is 28.3. The van der Waals surface area contributed by atoms with E-state index in [1.807, 2.05) is 48.5 Å². The van der Waals surface area contributed by atoms with E-state index >= 15 is 0 Å². The van der Waals surface area contributed by atoms with E-state index in [-0.39, 0.29) is 11.6 Å². The van der Waals surface area contributed by atoms with E-state index < -0.39 is 0 Å². The van der Waals surface area contributed by atoms with Gasteiger partial charge in [-0.05, 0) is 152 Å². The predicted molar refractivity (Wildman–Crippen MR) is 366 cm³/mol. The number of ketones is 2. The monoisotopic (exact) mass is 1180 g/mol. The van der Waals surface area contributed by atoms with E-state index in [0.29, 0.717) is 24.0 Å². The maximum atomic E-state index is 12.5. The van der Waals surface area contributed by atoms with Gasteiger partial charge in [0, 0.05) is 129 Å². The molecule has 0 atom stereocenters. The number of nitrogens with one attached hydrogen (secondary N) is 4. The standard InChI is InChI=1S/C31H30N2O2.C26H28N2O2.C21H20N2O/c1-35-26-12-7-11-25(20-26)31(34)15-8-18-32-21-24-16-17-30-28(19-24)27-13-5-6-14-29(27)33(30)22-23-9-3-2-4-10-23;1-3-28-24-11-5-4-10-22(24)23-16-19(13-14-25(23)28)18-27-15-7-12-26(29)20-8-6-9-21(17-20)30-2;1-24-17-9-6-15(7-10-17)13-22-14-16-8-11-21-19(12-16)18-4-2-3-5-20(18)23-21/h2-7,9-14,16-17,19-20,32H,8,15,18,21-22H2,1H3;4-6,8-11,13-14,16-17,27H,3,7,12,15,18H2,1-2H3;2-12,22-23H,13-14H2,1H3. The number of H-pyrrole nitrogens is 1. The molecule has 0 saturated heterocycles. The first-order valence-electron chi connectivity index (χ1n) is 30.9. The summed E-state index contributed by atoms with van der Waals surface area (Å²) >= 11 is 0. The molecule has 4 N–H and O–H groups in total. The van der Waals surface area contributed by atoms with Gasteiger partial charge in [0.2, 0.25) is 0 Å². The van der Waals surface area contributed by atoms with E-state index in [9.17, 15) is 9.59 Å². The third-order valence-corrected chi connectivity index (χ3v) is 16.5. The summed E-state index contributed by atoms with van der Waals surface area (Å²) in [5, 5.41) is 18.2. The van der Waals surface area contributed by atoms with Crippen LogP contribution in [0, 0.1) is 0 Å². The number of nitrogens with zero attached hydrogens (tertiary/aromatic N) is 2. The fourth-order valence-corrected chi connectivity index (χ4v) is 11.9. The number of fused-ring (bicyclic) bond motifs is 9. The Morgan fingerprint density at radius 3 is 1.39 bits per heavy atom. The lowest BCUT2D eigenvalue weighted by atomic mass is 10.1. The van der Waals surface area contributed by atoms with Crippen LogP contribution in [0.1, 0.15) is 81.1 Å². The molecule has 0 spiro atoms. The van der Waals surface area contributed by atoms with E-state index in [1.54, 1.807) is 33.5 Å². The van der Waals surface area contributed by atoms with Crippen LogP contribution in [0.3, 0.4) is 0 Å². The Labute approximate surface area is 521 Å². The van der Waals surface area contributed by atoms with Gasteiger partial charge >= 0.3 is 0 Å². The lowest BCUT2D eigenvalue weighted by Crippen LogP contribution is -2.15. The SMILES string of the molecule is CCn1c2ccccc2c2cc(CNCCCC(=O)c3cccc(OC)c3)ccc21.COc1ccc(CNCc2ccc3[nH]c4ccccc4c3c2)cc1.COc1cccc(C(=O)CCCNCc2ccc3c(c2)c2ccccc2n3Cc2ccccc2)c1. The third-order valence-electron chi connectivity index (χ3n) is 16.5. The number of para-hydroxylation sites is 3. The fourth-order valence-electron chi connectivity index (χ4n) is 11.9. The van der Waals surface area contributed by atoms with Gasteiger partial charge in [0.15, 0.2) is 11.6 Å². The number of aromatic nitrogens is 3. The van der Waals surface area contributed by atoms with Crippen LogP contribution in [0.4, 0.5) is 0 Å². The lowest BCUT2D eigenvalue weighted by molar-refractivity contribution is 0.0971. The molecule has 0 amide bonds. The highest BCUT2D eigenvalue weighted by atomic mass is 16.5. The van der Waals surface area contributed by atoms with Crippen LogP contribution in [-0.4, -0.2) is 60.1 Å². The number of Topliss-reactive ketones (excluding diaryl/α,β-unsaturated/α-hetero) is 2. The van der Waals surface area contributed by atoms with Crippen LogP contribution in [0.25, 0.3) is 65.4 Å². The van der Waals surface area contributed by atoms with Crippen molar-refractivity contribution in [3.05, 3.63) is 269 Å². The minimum absolute atomic E-state index is 0.151. The Balaban J connectivity index is 0.000000140. The second-order valence-electron chi connectivity index (χ2n) is 22.4. The van der Waals surface area contributed by atoms with Gasteiger partial charge in [0.1, 0.15) is 17.2 Å². The minimum atomic E-state index is 0.151. The van der Waals surface area contributed by atoms with Crippen LogP contribution >= 0.6 is 0 Å². The van der Waals surface area contributed by atoms with Crippen molar-refractivity contribution in [1.29, 1.82) is 0 Å². The second kappa shape index (κ2) is 29.7. The van der Waals surface area contributed by atoms with Gasteiger partial charge in [0.25, 0.3) is 0 Å². The fraction of sp³-hybridized carbons (Fsp3) is 0.205. The zero-order valence-corrected chi connectivity index (χ0v) is 51.4. The van der Waals surface area contributed by atoms with Crippen LogP contribution in [-0.2, 0) is 39.3 Å². The number of benzene rings is 10. The molecule has 450 valence electrons. The van der Waals surface area contributed by atoms with Gasteiger partial charge in [-0.3, -0.25) is 9.59 Å². The summed E-state index contributed by atoms with van der Waals surface area (Å²) < 4.78 is 20.4. The van der Waals surface area contributed by atoms with Crippen molar-refractivity contribution in [2.45, 2.75) is 71.9 Å². The minimum Gasteiger partial charge on any atom is -0.497 e. The number of carbonyl (C=O) groups is 2. The Hall–Kier alpha value is -9.78. The average molecular weight is 1180 g/mol. The van der Waals surface area contributed by atoms with Crippen LogP contribution in [0.15, 0.2) is 231 Å². The Kier molecular flexibility index (Phi) is 20.4. The van der Waals surface area contributed by atoms with Gasteiger partial charge in [-0.25, -0.2) is 0 Å². The number of methoxy groups -OCH3 is 3. The molecule has 0 aliphatic heterocycles. The van der Waals surface area contributed by atoms with Crippen molar-refractivity contribution in [3.63, 3.8) is 0 Å². The summed E-state index contributed by atoms with van der Waals surface area (Å²) in [7, 11) is 4.92. The Morgan fingerprint density at radius 2 is 0.820 bits per heavy atom. The highest BCUT2D eigenvalue weighted by molar-refractivity contribution is 6.10. The largest absolute Gasteiger partial charge is 0.497 e. The van der Waals surface area contributed by atoms with Gasteiger partial charge in [-0.15, -0.1) is 0 Å². The summed E-state index contributed by atoms with van der Waals surface area (Å²) in [6.07, 6.45) is 2.66. The van der Waals surface area contributed by atoms with Crippen molar-refractivity contribution >= 4 is 77.0 Å². The molecule has 13 rings (SSSR count). The van der Waals surface area contributed by atoms with Gasteiger partial charge < -0.3 is 44.3 Å². The van der Waals surface area contributed by atoms with E-state index in [0.717, 1.165) is 82.4 Å². The lowest BCUT2D eigenvalue weighted by Gasteiger charge is -2.09. The van der Waals surface area contributed by atoms with E-state index in [1.165, 1.54) is 93.2 Å². The molecule has 0 unspecified atom stereocenters. The number of hydrogen-bond acceptors (Lipinski definition) is 8. The Bertz CT molecular complexity index is 4500. The maximum absolute atomic E-state index is 12.5. The van der Waals surface area contributed by atoms with E-state index in [2.05, 4.69) is 207 Å². The predicted octanol–water partition coefficient (Wildman–Crippen LogP) is 16.8. The highest BCUT2D eigenvalue weighted by Gasteiger charge is 2.14. The van der Waals surface area contributed by atoms with Crippen molar-refractivity contribution in [2.24, 2.45) is 0 Å². The molecule has 0 fully saturated rings. The molecule has 0 radical (unpaired) electrons. The first-order valence-corrected chi connectivity index (χ1v) is 30.9. The molecule has 89 heavy (non-hydrogen) atoms. The van der Waals surface area contributed by atoms with Crippen LogP contribution < -0.4 is 30.2 Å². The molecule has 0 saturated carbocycles. The molecule has 0 aliphatic rings. The summed E-state index contributed by atoms with van der Waals surface area (Å²) in [6, 6.07) is 79.2. The number of aromatic amines is 1. The number of hydrogen-bond donors (Lipinski definition) is 4. The zero-order chi connectivity index (χ0) is 61.3. The average Bonchev–Trinajstić information content (AvgIpc) is 1.70. The number of aryl methyl sites for hydroxylation is 1. The molecule has 11 nitrogen and oxygen atoms in total. The van der Waals surface area contributed by atoms with Crippen molar-refractivity contribution in [1.82, 2.24) is 30.1 Å². The molecule has 10 aromatic carbocycles. The molecule has 0 aliphatic carbocycles. The molecule has 0 bridgehead atoms. The third kappa shape index (κ3) is 15.0. The Morgan fingerprint density at radius 1 is 0.371 bits per heavy atom. The molecule has 13 aromatic rings. The topological polar surface area (TPSA) is 124 Å². The quantitative estimate of drug-likeness (QED) is 0.0348. The second-order valence-corrected chi connectivity index (χ2v) is 22.4. The van der Waals surface area contributed by atoms with Crippen molar-refractivity contribution in [2.75, 3.05) is 34.4 Å². The van der Waals surface area contributed by atoms with Gasteiger partial charge in [0.05, 0.1) is 21.3 Å². The van der Waals surface area contributed by atoms with Crippen LogP contribution in [0.2, 0.25) is 0 Å². The molecule has 11 heteroatoms. The van der Waals surface area contributed by atoms with Crippen LogP contribution in [0.5, 0.6) is 17.2 Å². The molecule has 3 aromatic heterocycles. The summed E-state index contributed by atoms with van der Waals surface area (Å²) in [5.41, 5.74) is 15.2. The summed E-state index contributed by atoms with van der Waals surface area (Å²) in [5.74, 6) is 2.64. The maximum Gasteiger partial charge on any atom is 0.163 e. The van der Waals surface area contributed by atoms with Crippen molar-refractivity contribution in [3.8, 4) is 17.2 Å². The van der Waals surface area contributed by atoms with E-state index in [4.69, 9.17) is 14.2 Å². The number of rotatable bonds is 24. The molecular formula is C78H78N6O5. The smallest absolute Gasteiger partial charge is 0.163 e. The zero-order valence-electron chi connectivity index (χ0n) is 51.4. The first-order chi connectivity index (χ1) is 43.8. The van der Waals surface area contributed by atoms with Gasteiger partial charge in [-0.1, -0.05) is 140 Å². The number of carbonyl (C=O) groups excluding carboxylic acids is 2. The highest BCUT2D eigenvalue weighted by Crippen LogP contribution is 2.33. The molecule has 3 heterocycles. The normalized spacial score (nSPS) is 11.2. The number of ether oxygens (including phenoxy) is 3.